The molecular weight excluding hydrogens is 323 g/mol. The van der Waals surface area contributed by atoms with E-state index in [9.17, 15) is 4.39 Å². The molecule has 1 heterocycles. The normalized spacial score (nSPS) is 10.7. The van der Waals surface area contributed by atoms with Gasteiger partial charge in [-0.15, -0.1) is 0 Å². The third-order valence-corrected chi connectivity index (χ3v) is 3.76. The molecule has 3 aromatic rings. The Bertz CT molecular complexity index is 826. The Hall–Kier alpha value is -2.86. The molecular formula is C19H19FN2O3. The molecule has 0 amide bonds. The maximum Gasteiger partial charge on any atom is 0.226 e. The first-order valence-electron chi connectivity index (χ1n) is 7.82. The summed E-state index contributed by atoms with van der Waals surface area (Å²) < 4.78 is 29.5. The summed E-state index contributed by atoms with van der Waals surface area (Å²) in [6.07, 6.45) is 1.56. The number of nitrogens with one attached hydrogen (secondary N) is 1. The Kier molecular flexibility index (Phi) is 5.30. The second-order valence-electron chi connectivity index (χ2n) is 5.40. The van der Waals surface area contributed by atoms with Crippen LogP contribution in [0.25, 0.3) is 11.5 Å². The third-order valence-electron chi connectivity index (χ3n) is 3.76. The van der Waals surface area contributed by atoms with Crippen molar-refractivity contribution < 1.29 is 18.3 Å². The van der Waals surface area contributed by atoms with Crippen LogP contribution in [0.15, 0.2) is 53.1 Å². The van der Waals surface area contributed by atoms with Gasteiger partial charge in [0.15, 0.2) is 0 Å². The standard InChI is InChI=1S/C19H19FN2O3/c1-23-17-7-4-8-18(24-2)16(17)11-21-10-15-12-25-19(22-15)13-5-3-6-14(20)9-13/h3-9,12,21H,10-11H2,1-2H3. The summed E-state index contributed by atoms with van der Waals surface area (Å²) in [5, 5.41) is 3.29. The van der Waals surface area contributed by atoms with Crippen molar-refractivity contribution in [3.8, 4) is 23.0 Å². The molecule has 1 N–H and O–H groups in total. The Balaban J connectivity index is 1.66. The average Bonchev–Trinajstić information content (AvgIpc) is 3.10. The summed E-state index contributed by atoms with van der Waals surface area (Å²) in [4.78, 5) is 4.38. The minimum Gasteiger partial charge on any atom is -0.496 e. The van der Waals surface area contributed by atoms with Crippen molar-refractivity contribution in [3.05, 3.63) is 65.8 Å². The number of halogens is 1. The van der Waals surface area contributed by atoms with Crippen molar-refractivity contribution in [1.82, 2.24) is 10.3 Å². The topological polar surface area (TPSA) is 56.5 Å². The van der Waals surface area contributed by atoms with E-state index in [-0.39, 0.29) is 5.82 Å². The zero-order valence-electron chi connectivity index (χ0n) is 14.1. The van der Waals surface area contributed by atoms with Crippen LogP contribution in [0.1, 0.15) is 11.3 Å². The van der Waals surface area contributed by atoms with Crippen molar-refractivity contribution in [2.45, 2.75) is 13.1 Å². The quantitative estimate of drug-likeness (QED) is 0.708. The van der Waals surface area contributed by atoms with Crippen molar-refractivity contribution in [2.24, 2.45) is 0 Å². The Morgan fingerprint density at radius 1 is 1.04 bits per heavy atom. The lowest BCUT2D eigenvalue weighted by Crippen LogP contribution is -2.14. The highest BCUT2D eigenvalue weighted by Gasteiger charge is 2.11. The Morgan fingerprint density at radius 3 is 2.44 bits per heavy atom. The lowest BCUT2D eigenvalue weighted by molar-refractivity contribution is 0.382. The van der Waals surface area contributed by atoms with Gasteiger partial charge in [0.2, 0.25) is 5.89 Å². The number of benzene rings is 2. The van der Waals surface area contributed by atoms with Gasteiger partial charge < -0.3 is 19.2 Å². The smallest absolute Gasteiger partial charge is 0.226 e. The van der Waals surface area contributed by atoms with Crippen LogP contribution in [-0.4, -0.2) is 19.2 Å². The van der Waals surface area contributed by atoms with Gasteiger partial charge in [0.1, 0.15) is 23.6 Å². The Morgan fingerprint density at radius 2 is 1.76 bits per heavy atom. The summed E-state index contributed by atoms with van der Waals surface area (Å²) in [5.74, 6) is 1.59. The molecule has 0 spiro atoms. The largest absolute Gasteiger partial charge is 0.496 e. The molecule has 25 heavy (non-hydrogen) atoms. The van der Waals surface area contributed by atoms with Crippen molar-refractivity contribution in [3.63, 3.8) is 0 Å². The molecule has 0 radical (unpaired) electrons. The van der Waals surface area contributed by atoms with Gasteiger partial charge in [-0.25, -0.2) is 9.37 Å². The summed E-state index contributed by atoms with van der Waals surface area (Å²) in [7, 11) is 3.25. The first kappa shape index (κ1) is 17.0. The number of aromatic nitrogens is 1. The zero-order valence-corrected chi connectivity index (χ0v) is 14.1. The lowest BCUT2D eigenvalue weighted by atomic mass is 10.1. The van der Waals surface area contributed by atoms with E-state index in [1.54, 1.807) is 32.6 Å². The molecule has 0 aliphatic rings. The fourth-order valence-corrected chi connectivity index (χ4v) is 2.56. The summed E-state index contributed by atoms with van der Waals surface area (Å²) in [6.45, 7) is 1.05. The number of nitrogens with zero attached hydrogens (tertiary/aromatic N) is 1. The third kappa shape index (κ3) is 3.97. The predicted octanol–water partition coefficient (Wildman–Crippen LogP) is 3.79. The van der Waals surface area contributed by atoms with Crippen molar-refractivity contribution in [2.75, 3.05) is 14.2 Å². The molecule has 1 aromatic heterocycles. The molecule has 0 aliphatic carbocycles. The first-order chi connectivity index (χ1) is 12.2. The van der Waals surface area contributed by atoms with Gasteiger partial charge in [0.05, 0.1) is 19.9 Å². The van der Waals surface area contributed by atoms with E-state index >= 15 is 0 Å². The second kappa shape index (κ2) is 7.81. The highest BCUT2D eigenvalue weighted by atomic mass is 19.1. The summed E-state index contributed by atoms with van der Waals surface area (Å²) >= 11 is 0. The molecule has 3 rings (SSSR count). The predicted molar refractivity (Wildman–Crippen MR) is 92.0 cm³/mol. The first-order valence-corrected chi connectivity index (χ1v) is 7.82. The highest BCUT2D eigenvalue weighted by molar-refractivity contribution is 5.53. The van der Waals surface area contributed by atoms with Crippen LogP contribution in [0.5, 0.6) is 11.5 Å². The Labute approximate surface area is 145 Å². The van der Waals surface area contributed by atoms with E-state index in [2.05, 4.69) is 10.3 Å². The van der Waals surface area contributed by atoms with Crippen LogP contribution in [-0.2, 0) is 13.1 Å². The molecule has 2 aromatic carbocycles. The van der Waals surface area contributed by atoms with Crippen LogP contribution < -0.4 is 14.8 Å². The maximum atomic E-state index is 13.3. The van der Waals surface area contributed by atoms with Gasteiger partial charge in [-0.3, -0.25) is 0 Å². The van der Waals surface area contributed by atoms with Gasteiger partial charge in [-0.05, 0) is 30.3 Å². The van der Waals surface area contributed by atoms with Gasteiger partial charge >= 0.3 is 0 Å². The van der Waals surface area contributed by atoms with Gasteiger partial charge in [0, 0.05) is 24.2 Å². The van der Waals surface area contributed by atoms with Crippen molar-refractivity contribution in [1.29, 1.82) is 0 Å². The van der Waals surface area contributed by atoms with Crippen LogP contribution in [0.3, 0.4) is 0 Å². The van der Waals surface area contributed by atoms with E-state index in [0.717, 1.165) is 22.8 Å². The summed E-state index contributed by atoms with van der Waals surface area (Å²) in [5.41, 5.74) is 2.27. The molecule has 0 saturated carbocycles. The number of hydrogen-bond donors (Lipinski definition) is 1. The van der Waals surface area contributed by atoms with E-state index < -0.39 is 0 Å². The number of rotatable bonds is 7. The number of methoxy groups -OCH3 is 2. The fourth-order valence-electron chi connectivity index (χ4n) is 2.56. The number of ether oxygens (including phenoxy) is 2. The molecule has 0 fully saturated rings. The number of oxazole rings is 1. The molecule has 0 unspecified atom stereocenters. The zero-order chi connectivity index (χ0) is 17.6. The molecule has 0 bridgehead atoms. The number of hydrogen-bond acceptors (Lipinski definition) is 5. The molecule has 0 aliphatic heterocycles. The minimum absolute atomic E-state index is 0.321. The monoisotopic (exact) mass is 342 g/mol. The second-order valence-corrected chi connectivity index (χ2v) is 5.40. The van der Waals surface area contributed by atoms with Gasteiger partial charge in [0.25, 0.3) is 0 Å². The SMILES string of the molecule is COc1cccc(OC)c1CNCc1coc(-c2cccc(F)c2)n1. The van der Waals surface area contributed by atoms with Crippen LogP contribution >= 0.6 is 0 Å². The van der Waals surface area contributed by atoms with E-state index in [1.165, 1.54) is 12.1 Å². The average molecular weight is 342 g/mol. The van der Waals surface area contributed by atoms with Gasteiger partial charge in [-0.1, -0.05) is 12.1 Å². The molecule has 6 heteroatoms. The van der Waals surface area contributed by atoms with E-state index in [1.807, 2.05) is 18.2 Å². The van der Waals surface area contributed by atoms with Gasteiger partial charge in [-0.2, -0.15) is 0 Å². The lowest BCUT2D eigenvalue weighted by Gasteiger charge is -2.13. The van der Waals surface area contributed by atoms with Crippen LogP contribution in [0, 0.1) is 5.82 Å². The minimum atomic E-state index is -0.321. The molecule has 130 valence electrons. The highest BCUT2D eigenvalue weighted by Crippen LogP contribution is 2.28. The van der Waals surface area contributed by atoms with E-state index in [0.29, 0.717) is 24.5 Å². The van der Waals surface area contributed by atoms with Crippen molar-refractivity contribution >= 4 is 0 Å². The van der Waals surface area contributed by atoms with Crippen LogP contribution in [0.2, 0.25) is 0 Å². The molecule has 5 nitrogen and oxygen atoms in total. The summed E-state index contributed by atoms with van der Waals surface area (Å²) in [6, 6.07) is 11.8. The molecule has 0 atom stereocenters. The maximum absolute atomic E-state index is 13.3. The molecule has 0 saturated heterocycles. The fraction of sp³-hybridized carbons (Fsp3) is 0.211. The van der Waals surface area contributed by atoms with E-state index in [4.69, 9.17) is 13.9 Å². The van der Waals surface area contributed by atoms with Crippen LogP contribution in [0.4, 0.5) is 4.39 Å².